The molecule has 0 aliphatic rings. The molecule has 4 aromatic rings. The maximum absolute atomic E-state index is 15.9. The van der Waals surface area contributed by atoms with Gasteiger partial charge >= 0.3 is 0 Å². The maximum Gasteiger partial charge on any atom is 0.188 e. The molecule has 0 N–H and O–H groups in total. The molecule has 0 saturated carbocycles. The van der Waals surface area contributed by atoms with E-state index in [4.69, 9.17) is 9.47 Å². The van der Waals surface area contributed by atoms with E-state index >= 15 is 4.39 Å². The molecule has 0 atom stereocenters. The summed E-state index contributed by atoms with van der Waals surface area (Å²) in [5.41, 5.74) is 3.00. The summed E-state index contributed by atoms with van der Waals surface area (Å²) in [6, 6.07) is 22.0. The van der Waals surface area contributed by atoms with Gasteiger partial charge in [0.1, 0.15) is 36.1 Å². The number of halogens is 1. The third-order valence-corrected chi connectivity index (χ3v) is 7.46. The molecule has 0 amide bonds. The minimum absolute atomic E-state index is 0.0155. The number of ketones is 1. The molecule has 0 bridgehead atoms. The lowest BCUT2D eigenvalue weighted by molar-refractivity contribution is 0.0783. The Morgan fingerprint density at radius 3 is 2.21 bits per heavy atom. The number of fused-ring (bicyclic) bond motifs is 1. The molecule has 0 aliphatic heterocycles. The monoisotopic (exact) mass is 576 g/mol. The van der Waals surface area contributed by atoms with Crippen LogP contribution >= 0.6 is 0 Å². The van der Waals surface area contributed by atoms with E-state index in [1.165, 1.54) is 11.6 Å². The second-order valence-corrected chi connectivity index (χ2v) is 11.6. The van der Waals surface area contributed by atoms with Gasteiger partial charge in [0.25, 0.3) is 0 Å². The fraction of sp³-hybridized carbons (Fsp3) is 0.324. The van der Waals surface area contributed by atoms with Crippen LogP contribution in [-0.2, 0) is 16.6 Å². The van der Waals surface area contributed by atoms with Crippen LogP contribution in [0.3, 0.4) is 0 Å². The molecular weight excluding hydrogens is 539 g/mol. The van der Waals surface area contributed by atoms with Crippen molar-refractivity contribution in [3.8, 4) is 34.8 Å². The first-order valence-corrected chi connectivity index (χ1v) is 14.7. The van der Waals surface area contributed by atoms with Gasteiger partial charge in [0.2, 0.25) is 0 Å². The van der Waals surface area contributed by atoms with Crippen molar-refractivity contribution in [2.75, 3.05) is 13.2 Å². The number of nitriles is 2. The number of benzene rings is 4. The number of Topliss-reactive ketones (excluding diaryl/α,β-unsaturated/α-hetero) is 1. The number of nitrogens with zero attached hydrogens (tertiary/aromatic N) is 2. The van der Waals surface area contributed by atoms with E-state index < -0.39 is 11.2 Å². The molecule has 0 spiro atoms. The van der Waals surface area contributed by atoms with Crippen LogP contribution in [0, 0.1) is 28.5 Å². The lowest BCUT2D eigenvalue weighted by Crippen LogP contribution is -2.16. The Morgan fingerprint density at radius 1 is 0.930 bits per heavy atom. The van der Waals surface area contributed by atoms with Gasteiger partial charge in [-0.05, 0) is 78.1 Å². The van der Waals surface area contributed by atoms with Crippen molar-refractivity contribution >= 4 is 16.6 Å². The number of rotatable bonds is 11. The molecule has 0 heterocycles. The largest absolute Gasteiger partial charge is 0.456 e. The summed E-state index contributed by atoms with van der Waals surface area (Å²) in [4.78, 5) is 12.4. The van der Waals surface area contributed by atoms with Gasteiger partial charge in [0.15, 0.2) is 5.78 Å². The van der Waals surface area contributed by atoms with Crippen molar-refractivity contribution in [3.63, 3.8) is 0 Å². The molecule has 5 nitrogen and oxygen atoms in total. The standard InChI is InChI=1S/C37H37FN2O3/c1-6-8-9-10-24-11-13-26(14-12-24)33-30(22-40)28(21-39)19-27-20-31(38)35(37(3,4)5)36(34(27)33)43-29-17-15-25(16-18-29)32(41)23-42-7-2/h11-20H,6-10,23H2,1-5H3. The highest BCUT2D eigenvalue weighted by atomic mass is 19.1. The summed E-state index contributed by atoms with van der Waals surface area (Å²) < 4.78 is 27.7. The first-order chi connectivity index (χ1) is 20.6. The van der Waals surface area contributed by atoms with Crippen LogP contribution in [0.1, 0.15) is 86.5 Å². The van der Waals surface area contributed by atoms with Crippen LogP contribution in [-0.4, -0.2) is 19.0 Å². The number of hydrogen-bond donors (Lipinski definition) is 0. The Morgan fingerprint density at radius 2 is 1.63 bits per heavy atom. The van der Waals surface area contributed by atoms with E-state index in [1.807, 2.05) is 52.0 Å². The van der Waals surface area contributed by atoms with E-state index in [0.717, 1.165) is 31.2 Å². The molecule has 6 heteroatoms. The minimum Gasteiger partial charge on any atom is -0.456 e. The van der Waals surface area contributed by atoms with Crippen LogP contribution in [0.4, 0.5) is 4.39 Å². The lowest BCUT2D eigenvalue weighted by atomic mass is 9.81. The van der Waals surface area contributed by atoms with Gasteiger partial charge in [-0.1, -0.05) is 64.8 Å². The molecule has 0 fully saturated rings. The van der Waals surface area contributed by atoms with Crippen molar-refractivity contribution in [3.05, 3.63) is 94.3 Å². The quantitative estimate of drug-likeness (QED) is 0.131. The van der Waals surface area contributed by atoms with E-state index in [1.54, 1.807) is 30.3 Å². The normalized spacial score (nSPS) is 11.3. The first-order valence-electron chi connectivity index (χ1n) is 14.7. The van der Waals surface area contributed by atoms with E-state index in [-0.39, 0.29) is 29.3 Å². The van der Waals surface area contributed by atoms with E-state index in [0.29, 0.717) is 39.8 Å². The predicted octanol–water partition coefficient (Wildman–Crippen LogP) is 9.43. The van der Waals surface area contributed by atoms with Crippen LogP contribution in [0.15, 0.2) is 60.7 Å². The molecule has 43 heavy (non-hydrogen) atoms. The summed E-state index contributed by atoms with van der Waals surface area (Å²) in [7, 11) is 0. The number of unbranched alkanes of at least 4 members (excludes halogenated alkanes) is 2. The number of carbonyl (C=O) groups excluding carboxylic acids is 1. The predicted molar refractivity (Wildman–Crippen MR) is 168 cm³/mol. The van der Waals surface area contributed by atoms with E-state index in [2.05, 4.69) is 19.1 Å². The fourth-order valence-electron chi connectivity index (χ4n) is 5.32. The van der Waals surface area contributed by atoms with Gasteiger partial charge in [-0.2, -0.15) is 10.5 Å². The fourth-order valence-corrected chi connectivity index (χ4v) is 5.32. The summed E-state index contributed by atoms with van der Waals surface area (Å²) in [5.74, 6) is 0.0665. The van der Waals surface area contributed by atoms with Gasteiger partial charge < -0.3 is 9.47 Å². The Bertz CT molecular complexity index is 1700. The van der Waals surface area contributed by atoms with Crippen molar-refractivity contribution in [2.24, 2.45) is 0 Å². The number of carbonyl (C=O) groups is 1. The van der Waals surface area contributed by atoms with Crippen molar-refractivity contribution in [1.29, 1.82) is 10.5 Å². The molecule has 220 valence electrons. The zero-order valence-electron chi connectivity index (χ0n) is 25.5. The summed E-state index contributed by atoms with van der Waals surface area (Å²) in [6.07, 6.45) is 4.33. The summed E-state index contributed by atoms with van der Waals surface area (Å²) >= 11 is 0. The molecule has 0 saturated heterocycles. The highest BCUT2D eigenvalue weighted by Gasteiger charge is 2.29. The molecular formula is C37H37FN2O3. The Kier molecular flexibility index (Phi) is 9.96. The van der Waals surface area contributed by atoms with E-state index in [9.17, 15) is 15.3 Å². The summed E-state index contributed by atoms with van der Waals surface area (Å²) in [6.45, 7) is 10.1. The van der Waals surface area contributed by atoms with Crippen LogP contribution in [0.2, 0.25) is 0 Å². The number of hydrogen-bond acceptors (Lipinski definition) is 5. The van der Waals surface area contributed by atoms with Crippen molar-refractivity contribution in [1.82, 2.24) is 0 Å². The van der Waals surface area contributed by atoms with Gasteiger partial charge in [-0.25, -0.2) is 4.39 Å². The highest BCUT2D eigenvalue weighted by molar-refractivity contribution is 6.06. The SMILES string of the molecule is CCCCCc1ccc(-c2c(C#N)c(C#N)cc3cc(F)c(C(C)(C)C)c(Oc4ccc(C(=O)COCC)cc4)c23)cc1. The second kappa shape index (κ2) is 13.6. The molecule has 0 radical (unpaired) electrons. The third kappa shape index (κ3) is 6.94. The Hall–Kier alpha value is -4.52. The summed E-state index contributed by atoms with van der Waals surface area (Å²) in [5, 5.41) is 21.3. The maximum atomic E-state index is 15.9. The number of aryl methyl sites for hydroxylation is 1. The topological polar surface area (TPSA) is 83.1 Å². The zero-order valence-corrected chi connectivity index (χ0v) is 25.5. The zero-order chi connectivity index (χ0) is 31.1. The van der Waals surface area contributed by atoms with Gasteiger partial charge in [0, 0.05) is 28.7 Å². The second-order valence-electron chi connectivity index (χ2n) is 11.6. The number of ether oxygens (including phenoxy) is 2. The third-order valence-electron chi connectivity index (χ3n) is 7.46. The molecule has 0 aliphatic carbocycles. The Balaban J connectivity index is 1.96. The molecule has 0 unspecified atom stereocenters. The molecule has 4 aromatic carbocycles. The smallest absolute Gasteiger partial charge is 0.188 e. The average molecular weight is 577 g/mol. The van der Waals surface area contributed by atoms with Gasteiger partial charge in [-0.3, -0.25) is 4.79 Å². The lowest BCUT2D eigenvalue weighted by Gasteiger charge is -2.26. The minimum atomic E-state index is -0.665. The van der Waals surface area contributed by atoms with Gasteiger partial charge in [-0.15, -0.1) is 0 Å². The van der Waals surface area contributed by atoms with Crippen LogP contribution in [0.25, 0.3) is 21.9 Å². The molecule has 0 aromatic heterocycles. The van der Waals surface area contributed by atoms with Crippen LogP contribution < -0.4 is 4.74 Å². The van der Waals surface area contributed by atoms with Gasteiger partial charge in [0.05, 0.1) is 11.1 Å². The van der Waals surface area contributed by atoms with Crippen molar-refractivity contribution < 1.29 is 18.7 Å². The van der Waals surface area contributed by atoms with Crippen LogP contribution in [0.5, 0.6) is 11.5 Å². The Labute approximate surface area is 253 Å². The van der Waals surface area contributed by atoms with Crippen molar-refractivity contribution in [2.45, 2.75) is 65.7 Å². The highest BCUT2D eigenvalue weighted by Crippen LogP contribution is 2.47. The average Bonchev–Trinajstić information content (AvgIpc) is 2.99. The first kappa shape index (κ1) is 31.4. The molecule has 4 rings (SSSR count).